The van der Waals surface area contributed by atoms with Crippen molar-refractivity contribution in [2.45, 2.75) is 19.1 Å². The van der Waals surface area contributed by atoms with Gasteiger partial charge in [0.25, 0.3) is 5.91 Å². The topological polar surface area (TPSA) is 55.4 Å². The molecule has 1 amide bonds. The highest BCUT2D eigenvalue weighted by molar-refractivity contribution is 6.31. The normalized spacial score (nSPS) is 11.5. The fraction of sp³-hybridized carbons (Fsp3) is 0.130. The van der Waals surface area contributed by atoms with E-state index in [9.17, 15) is 9.59 Å². The van der Waals surface area contributed by atoms with Gasteiger partial charge in [-0.15, -0.1) is 0 Å². The van der Waals surface area contributed by atoms with Crippen LogP contribution in [-0.4, -0.2) is 11.9 Å². The van der Waals surface area contributed by atoms with Crippen LogP contribution in [0.1, 0.15) is 33.9 Å². The van der Waals surface area contributed by atoms with E-state index in [0.717, 1.165) is 11.1 Å². The third-order valence-corrected chi connectivity index (χ3v) is 4.63. The van der Waals surface area contributed by atoms with Gasteiger partial charge in [0.2, 0.25) is 0 Å². The first-order chi connectivity index (χ1) is 13.6. The molecule has 28 heavy (non-hydrogen) atoms. The Morgan fingerprint density at radius 1 is 0.857 bits per heavy atom. The van der Waals surface area contributed by atoms with E-state index in [0.29, 0.717) is 10.6 Å². The van der Waals surface area contributed by atoms with Crippen LogP contribution in [0.4, 0.5) is 0 Å². The van der Waals surface area contributed by atoms with E-state index in [1.54, 1.807) is 30.3 Å². The molecule has 0 fully saturated rings. The zero-order valence-electron chi connectivity index (χ0n) is 15.2. The third kappa shape index (κ3) is 5.44. The van der Waals surface area contributed by atoms with Gasteiger partial charge in [0.1, 0.15) is 6.61 Å². The number of hydrogen-bond acceptors (Lipinski definition) is 3. The second kappa shape index (κ2) is 9.72. The minimum atomic E-state index is -0.493. The summed E-state index contributed by atoms with van der Waals surface area (Å²) in [5, 5.41) is 3.47. The zero-order valence-corrected chi connectivity index (χ0v) is 15.9. The predicted octanol–water partition coefficient (Wildman–Crippen LogP) is 4.94. The number of nitrogens with one attached hydrogen (secondary N) is 1. The Hall–Kier alpha value is -3.11. The molecule has 1 atom stereocenters. The maximum Gasteiger partial charge on any atom is 0.308 e. The highest BCUT2D eigenvalue weighted by Gasteiger charge is 2.20. The molecule has 3 rings (SSSR count). The molecule has 0 saturated heterocycles. The molecule has 0 aliphatic heterocycles. The second-order valence-corrected chi connectivity index (χ2v) is 6.67. The molecule has 1 unspecified atom stereocenters. The quantitative estimate of drug-likeness (QED) is 0.578. The molecule has 3 aromatic rings. The van der Waals surface area contributed by atoms with E-state index < -0.39 is 12.0 Å². The van der Waals surface area contributed by atoms with Gasteiger partial charge in [-0.2, -0.15) is 0 Å². The number of hydrogen-bond donors (Lipinski definition) is 1. The Labute approximate surface area is 169 Å². The number of benzene rings is 3. The lowest BCUT2D eigenvalue weighted by Crippen LogP contribution is -2.30. The van der Waals surface area contributed by atoms with Gasteiger partial charge in [0.05, 0.1) is 12.5 Å². The number of ether oxygens (including phenoxy) is 1. The fourth-order valence-corrected chi connectivity index (χ4v) is 2.96. The highest BCUT2D eigenvalue weighted by atomic mass is 35.5. The van der Waals surface area contributed by atoms with Crippen molar-refractivity contribution in [2.24, 2.45) is 0 Å². The number of amides is 1. The zero-order chi connectivity index (χ0) is 19.8. The summed E-state index contributed by atoms with van der Waals surface area (Å²) in [6.07, 6.45) is 0.0209. The number of esters is 1. The standard InChI is InChI=1S/C23H20ClNO3/c24-20-14-8-7-13-19(20)16-28-22(26)15-21(17-9-3-1-4-10-17)25-23(27)18-11-5-2-6-12-18/h1-14,21H,15-16H2,(H,25,27). The lowest BCUT2D eigenvalue weighted by molar-refractivity contribution is -0.145. The van der Waals surface area contributed by atoms with E-state index in [4.69, 9.17) is 16.3 Å². The number of halogens is 1. The Morgan fingerprint density at radius 3 is 2.14 bits per heavy atom. The van der Waals surface area contributed by atoms with Gasteiger partial charge in [0, 0.05) is 16.1 Å². The van der Waals surface area contributed by atoms with Gasteiger partial charge in [-0.25, -0.2) is 0 Å². The van der Waals surface area contributed by atoms with Crippen molar-refractivity contribution in [2.75, 3.05) is 0 Å². The van der Waals surface area contributed by atoms with Crippen molar-refractivity contribution in [3.05, 3.63) is 107 Å². The molecule has 0 bridgehead atoms. The summed E-state index contributed by atoms with van der Waals surface area (Å²) in [5.74, 6) is -0.657. The molecule has 0 radical (unpaired) electrons. The van der Waals surface area contributed by atoms with E-state index >= 15 is 0 Å². The number of carbonyl (C=O) groups excluding carboxylic acids is 2. The molecule has 0 spiro atoms. The summed E-state index contributed by atoms with van der Waals surface area (Å²) in [5.41, 5.74) is 2.11. The van der Waals surface area contributed by atoms with Gasteiger partial charge in [-0.3, -0.25) is 9.59 Å². The Balaban J connectivity index is 1.68. The van der Waals surface area contributed by atoms with E-state index in [1.807, 2.05) is 54.6 Å². The maximum absolute atomic E-state index is 12.6. The van der Waals surface area contributed by atoms with Crippen LogP contribution in [0.3, 0.4) is 0 Å². The van der Waals surface area contributed by atoms with Crippen LogP contribution in [0.5, 0.6) is 0 Å². The van der Waals surface area contributed by atoms with Crippen LogP contribution < -0.4 is 5.32 Å². The Kier molecular flexibility index (Phi) is 6.82. The monoisotopic (exact) mass is 393 g/mol. The molecule has 142 valence electrons. The first-order valence-corrected chi connectivity index (χ1v) is 9.31. The van der Waals surface area contributed by atoms with E-state index in [1.165, 1.54) is 0 Å². The van der Waals surface area contributed by atoms with Crippen LogP contribution in [-0.2, 0) is 16.1 Å². The van der Waals surface area contributed by atoms with Crippen molar-refractivity contribution in [1.29, 1.82) is 0 Å². The van der Waals surface area contributed by atoms with Gasteiger partial charge in [-0.05, 0) is 23.8 Å². The van der Waals surface area contributed by atoms with Gasteiger partial charge < -0.3 is 10.1 Å². The molecule has 1 N–H and O–H groups in total. The lowest BCUT2D eigenvalue weighted by Gasteiger charge is -2.19. The Morgan fingerprint density at radius 2 is 1.46 bits per heavy atom. The third-order valence-electron chi connectivity index (χ3n) is 4.26. The summed E-state index contributed by atoms with van der Waals surface area (Å²) in [4.78, 5) is 25.0. The van der Waals surface area contributed by atoms with Gasteiger partial charge >= 0.3 is 5.97 Å². The van der Waals surface area contributed by atoms with Crippen molar-refractivity contribution in [3.8, 4) is 0 Å². The van der Waals surface area contributed by atoms with Crippen LogP contribution in [0, 0.1) is 0 Å². The summed E-state index contributed by atoms with van der Waals surface area (Å²) < 4.78 is 5.37. The second-order valence-electron chi connectivity index (χ2n) is 6.26. The molecule has 3 aromatic carbocycles. The molecule has 0 aliphatic carbocycles. The number of carbonyl (C=O) groups is 2. The molecule has 0 aliphatic rings. The molecular formula is C23H20ClNO3. The summed E-state index contributed by atoms with van der Waals surface area (Å²) >= 11 is 6.10. The summed E-state index contributed by atoms with van der Waals surface area (Å²) in [6.45, 7) is 0.0899. The Bertz CT molecular complexity index is 929. The largest absolute Gasteiger partial charge is 0.461 e. The lowest BCUT2D eigenvalue weighted by atomic mass is 10.0. The minimum absolute atomic E-state index is 0.0209. The molecule has 4 nitrogen and oxygen atoms in total. The smallest absolute Gasteiger partial charge is 0.308 e. The predicted molar refractivity (Wildman–Crippen MR) is 109 cm³/mol. The van der Waals surface area contributed by atoms with Crippen molar-refractivity contribution >= 4 is 23.5 Å². The van der Waals surface area contributed by atoms with Crippen LogP contribution in [0.2, 0.25) is 5.02 Å². The van der Waals surface area contributed by atoms with Gasteiger partial charge in [0.15, 0.2) is 0 Å². The van der Waals surface area contributed by atoms with Gasteiger partial charge in [-0.1, -0.05) is 78.3 Å². The average Bonchev–Trinajstić information content (AvgIpc) is 2.74. The molecule has 0 saturated carbocycles. The SMILES string of the molecule is O=C(CC(NC(=O)c1ccccc1)c1ccccc1)OCc1ccccc1Cl. The van der Waals surface area contributed by atoms with E-state index in [-0.39, 0.29) is 18.9 Å². The van der Waals surface area contributed by atoms with Crippen LogP contribution in [0.25, 0.3) is 0 Å². The molecule has 5 heteroatoms. The number of rotatable bonds is 7. The summed E-state index contributed by atoms with van der Waals surface area (Å²) in [7, 11) is 0. The summed E-state index contributed by atoms with van der Waals surface area (Å²) in [6, 6.07) is 25.0. The van der Waals surface area contributed by atoms with Crippen molar-refractivity contribution in [1.82, 2.24) is 5.32 Å². The van der Waals surface area contributed by atoms with Crippen LogP contribution >= 0.6 is 11.6 Å². The van der Waals surface area contributed by atoms with Crippen LogP contribution in [0.15, 0.2) is 84.9 Å². The fourth-order valence-electron chi connectivity index (χ4n) is 2.77. The van der Waals surface area contributed by atoms with Crippen molar-refractivity contribution in [3.63, 3.8) is 0 Å². The maximum atomic E-state index is 12.6. The van der Waals surface area contributed by atoms with E-state index in [2.05, 4.69) is 5.32 Å². The first kappa shape index (κ1) is 19.6. The highest BCUT2D eigenvalue weighted by Crippen LogP contribution is 2.20. The molecule has 0 aromatic heterocycles. The molecular weight excluding hydrogens is 374 g/mol. The minimum Gasteiger partial charge on any atom is -0.461 e. The first-order valence-electron chi connectivity index (χ1n) is 8.93. The van der Waals surface area contributed by atoms with Crippen molar-refractivity contribution < 1.29 is 14.3 Å². The average molecular weight is 394 g/mol. The molecule has 0 heterocycles.